The fraction of sp³-hybridized carbons (Fsp3) is 0.192. The first-order valence-corrected chi connectivity index (χ1v) is 10.6. The Kier molecular flexibility index (Phi) is 6.64. The van der Waals surface area contributed by atoms with Crippen molar-refractivity contribution in [2.45, 2.75) is 27.1 Å². The standard InChI is InChI=1S/C26H23N3O5/c1-17-22(18(2)34-28-17)16-32-24-9-7-19(12-25(24)31-3)8-10-26(30)33-15-20-14-29-11-5-4-6-23(29)21(20)13-27/h4-12,14H,15-16H2,1-3H3/b10-8+. The number of hydrogen-bond acceptors (Lipinski definition) is 7. The molecule has 0 aliphatic rings. The van der Waals surface area contributed by atoms with Gasteiger partial charge >= 0.3 is 5.97 Å². The first-order valence-electron chi connectivity index (χ1n) is 10.6. The summed E-state index contributed by atoms with van der Waals surface area (Å²) in [6.45, 7) is 4.01. The summed E-state index contributed by atoms with van der Waals surface area (Å²) in [7, 11) is 1.55. The monoisotopic (exact) mass is 457 g/mol. The minimum atomic E-state index is -0.517. The van der Waals surface area contributed by atoms with Crippen molar-refractivity contribution in [3.8, 4) is 17.6 Å². The molecular weight excluding hydrogens is 434 g/mol. The molecule has 0 amide bonds. The van der Waals surface area contributed by atoms with Crippen molar-refractivity contribution >= 4 is 17.6 Å². The Labute approximate surface area is 196 Å². The maximum atomic E-state index is 12.3. The number of nitrogens with zero attached hydrogens (tertiary/aromatic N) is 3. The highest BCUT2D eigenvalue weighted by molar-refractivity contribution is 5.87. The molecule has 0 saturated carbocycles. The number of aromatic nitrogens is 2. The van der Waals surface area contributed by atoms with E-state index in [-0.39, 0.29) is 6.61 Å². The summed E-state index contributed by atoms with van der Waals surface area (Å²) in [6.07, 6.45) is 6.60. The first kappa shape index (κ1) is 22.7. The quantitative estimate of drug-likeness (QED) is 0.278. The molecular formula is C26H23N3O5. The molecule has 3 aromatic heterocycles. The number of benzene rings is 1. The molecule has 0 radical (unpaired) electrons. The van der Waals surface area contributed by atoms with Crippen LogP contribution in [0, 0.1) is 25.2 Å². The second kappa shape index (κ2) is 9.96. The van der Waals surface area contributed by atoms with Crippen LogP contribution in [0.4, 0.5) is 0 Å². The lowest BCUT2D eigenvalue weighted by Gasteiger charge is -2.11. The van der Waals surface area contributed by atoms with Crippen LogP contribution < -0.4 is 9.47 Å². The van der Waals surface area contributed by atoms with E-state index in [0.29, 0.717) is 35.0 Å². The van der Waals surface area contributed by atoms with Crippen LogP contribution in [-0.2, 0) is 22.7 Å². The molecule has 0 atom stereocenters. The van der Waals surface area contributed by atoms with E-state index in [9.17, 15) is 10.1 Å². The topological polar surface area (TPSA) is 99.0 Å². The number of esters is 1. The van der Waals surface area contributed by atoms with Gasteiger partial charge in [-0.25, -0.2) is 4.79 Å². The van der Waals surface area contributed by atoms with Crippen LogP contribution in [0.2, 0.25) is 0 Å². The molecule has 0 aliphatic carbocycles. The minimum absolute atomic E-state index is 0.00550. The number of aryl methyl sites for hydroxylation is 2. The zero-order valence-electron chi connectivity index (χ0n) is 19.1. The molecule has 4 rings (SSSR count). The smallest absolute Gasteiger partial charge is 0.331 e. The Bertz CT molecular complexity index is 1390. The fourth-order valence-corrected chi connectivity index (χ4v) is 3.54. The molecule has 0 N–H and O–H groups in total. The first-order chi connectivity index (χ1) is 16.5. The van der Waals surface area contributed by atoms with Gasteiger partial charge in [-0.3, -0.25) is 0 Å². The van der Waals surface area contributed by atoms with Crippen molar-refractivity contribution in [2.24, 2.45) is 0 Å². The Morgan fingerprint density at radius 2 is 2.06 bits per heavy atom. The summed E-state index contributed by atoms with van der Waals surface area (Å²) >= 11 is 0. The lowest BCUT2D eigenvalue weighted by molar-refractivity contribution is -0.138. The Balaban J connectivity index is 1.39. The molecule has 34 heavy (non-hydrogen) atoms. The number of ether oxygens (including phenoxy) is 3. The predicted molar refractivity (Wildman–Crippen MR) is 124 cm³/mol. The SMILES string of the molecule is COc1cc(/C=C/C(=O)OCc2cn3ccccc3c2C#N)ccc1OCc1c(C)noc1C. The van der Waals surface area contributed by atoms with Crippen LogP contribution in [0.5, 0.6) is 11.5 Å². The molecule has 0 unspecified atom stereocenters. The molecule has 0 saturated heterocycles. The minimum Gasteiger partial charge on any atom is -0.493 e. The van der Waals surface area contributed by atoms with E-state index < -0.39 is 5.97 Å². The summed E-state index contributed by atoms with van der Waals surface area (Å²) in [6, 6.07) is 13.1. The summed E-state index contributed by atoms with van der Waals surface area (Å²) in [5.41, 5.74) is 4.33. The van der Waals surface area contributed by atoms with E-state index in [1.54, 1.807) is 31.5 Å². The highest BCUT2D eigenvalue weighted by atomic mass is 16.5. The average molecular weight is 457 g/mol. The van der Waals surface area contributed by atoms with Gasteiger partial charge in [0.15, 0.2) is 11.5 Å². The van der Waals surface area contributed by atoms with Crippen LogP contribution in [0.1, 0.15) is 33.7 Å². The zero-order chi connectivity index (χ0) is 24.1. The van der Waals surface area contributed by atoms with Crippen LogP contribution in [0.15, 0.2) is 59.4 Å². The number of carbonyl (C=O) groups is 1. The summed E-state index contributed by atoms with van der Waals surface area (Å²) in [5.74, 6) is 1.29. The van der Waals surface area contributed by atoms with Crippen molar-refractivity contribution in [1.29, 1.82) is 5.26 Å². The molecule has 0 spiro atoms. The van der Waals surface area contributed by atoms with Crippen molar-refractivity contribution in [3.05, 3.63) is 88.6 Å². The van der Waals surface area contributed by atoms with Gasteiger partial charge in [0.2, 0.25) is 0 Å². The summed E-state index contributed by atoms with van der Waals surface area (Å²) in [4.78, 5) is 12.3. The van der Waals surface area contributed by atoms with Crippen LogP contribution in [0.25, 0.3) is 11.6 Å². The van der Waals surface area contributed by atoms with Gasteiger partial charge in [-0.1, -0.05) is 17.3 Å². The highest BCUT2D eigenvalue weighted by Crippen LogP contribution is 2.30. The van der Waals surface area contributed by atoms with Gasteiger partial charge in [-0.15, -0.1) is 0 Å². The summed E-state index contributed by atoms with van der Waals surface area (Å²) < 4.78 is 23.7. The van der Waals surface area contributed by atoms with E-state index in [4.69, 9.17) is 18.7 Å². The number of nitriles is 1. The third-order valence-electron chi connectivity index (χ3n) is 5.40. The fourth-order valence-electron chi connectivity index (χ4n) is 3.54. The van der Waals surface area contributed by atoms with Gasteiger partial charge in [-0.05, 0) is 49.8 Å². The van der Waals surface area contributed by atoms with Crippen molar-refractivity contribution in [1.82, 2.24) is 9.56 Å². The number of carbonyl (C=O) groups excluding carboxylic acids is 1. The largest absolute Gasteiger partial charge is 0.493 e. The van der Waals surface area contributed by atoms with Gasteiger partial charge in [0.1, 0.15) is 25.0 Å². The molecule has 3 heterocycles. The predicted octanol–water partition coefficient (Wildman–Crippen LogP) is 4.76. The van der Waals surface area contributed by atoms with Gasteiger partial charge in [0.05, 0.1) is 29.4 Å². The third kappa shape index (κ3) is 4.79. The summed E-state index contributed by atoms with van der Waals surface area (Å²) in [5, 5.41) is 13.4. The number of fused-ring (bicyclic) bond motifs is 1. The number of pyridine rings is 1. The highest BCUT2D eigenvalue weighted by Gasteiger charge is 2.13. The number of hydrogen-bond donors (Lipinski definition) is 0. The van der Waals surface area contributed by atoms with Gasteiger partial charge in [0.25, 0.3) is 0 Å². The van der Waals surface area contributed by atoms with E-state index in [2.05, 4.69) is 11.2 Å². The van der Waals surface area contributed by atoms with Gasteiger partial charge in [-0.2, -0.15) is 5.26 Å². The lowest BCUT2D eigenvalue weighted by atomic mass is 10.2. The Hall–Kier alpha value is -4.51. The van der Waals surface area contributed by atoms with E-state index >= 15 is 0 Å². The molecule has 8 heteroatoms. The Morgan fingerprint density at radius 3 is 2.79 bits per heavy atom. The van der Waals surface area contributed by atoms with Gasteiger partial charge in [0, 0.05) is 24.0 Å². The average Bonchev–Trinajstić information content (AvgIpc) is 3.38. The van der Waals surface area contributed by atoms with Gasteiger partial charge < -0.3 is 23.1 Å². The van der Waals surface area contributed by atoms with Crippen molar-refractivity contribution in [3.63, 3.8) is 0 Å². The molecule has 4 aromatic rings. The molecule has 172 valence electrons. The molecule has 0 fully saturated rings. The number of rotatable bonds is 8. The van der Waals surface area contributed by atoms with E-state index in [1.807, 2.05) is 48.7 Å². The molecule has 1 aromatic carbocycles. The van der Waals surface area contributed by atoms with Crippen LogP contribution >= 0.6 is 0 Å². The normalized spacial score (nSPS) is 11.0. The van der Waals surface area contributed by atoms with Crippen LogP contribution in [-0.4, -0.2) is 22.6 Å². The molecule has 8 nitrogen and oxygen atoms in total. The maximum Gasteiger partial charge on any atom is 0.331 e. The second-order valence-electron chi connectivity index (χ2n) is 7.58. The van der Waals surface area contributed by atoms with E-state index in [1.165, 1.54) is 6.08 Å². The molecule has 0 aliphatic heterocycles. The lowest BCUT2D eigenvalue weighted by Crippen LogP contribution is -2.01. The van der Waals surface area contributed by atoms with Crippen LogP contribution in [0.3, 0.4) is 0 Å². The number of methoxy groups -OCH3 is 1. The van der Waals surface area contributed by atoms with Crippen molar-refractivity contribution in [2.75, 3.05) is 7.11 Å². The zero-order valence-corrected chi connectivity index (χ0v) is 19.1. The molecule has 0 bridgehead atoms. The maximum absolute atomic E-state index is 12.3. The second-order valence-corrected chi connectivity index (χ2v) is 7.58. The van der Waals surface area contributed by atoms with Crippen molar-refractivity contribution < 1.29 is 23.5 Å². The third-order valence-corrected chi connectivity index (χ3v) is 5.40. The van der Waals surface area contributed by atoms with E-state index in [0.717, 1.165) is 22.3 Å². The Morgan fingerprint density at radius 1 is 1.21 bits per heavy atom.